The van der Waals surface area contributed by atoms with E-state index < -0.39 is 5.60 Å². The normalized spacial score (nSPS) is 50.0. The van der Waals surface area contributed by atoms with Gasteiger partial charge < -0.3 is 14.9 Å². The maximum Gasteiger partial charge on any atom is 0.0612 e. The summed E-state index contributed by atoms with van der Waals surface area (Å²) in [5.74, 6) is 3.78. The molecule has 0 aliphatic heterocycles. The number of ether oxygens (including phenoxy) is 1. The lowest BCUT2D eigenvalue weighted by Crippen LogP contribution is -2.59. The van der Waals surface area contributed by atoms with Crippen LogP contribution in [-0.2, 0) is 4.74 Å². The van der Waals surface area contributed by atoms with Gasteiger partial charge in [0, 0.05) is 7.11 Å². The highest BCUT2D eigenvalue weighted by Gasteiger charge is 2.63. The minimum atomic E-state index is -0.538. The van der Waals surface area contributed by atoms with Crippen molar-refractivity contribution in [2.24, 2.45) is 40.4 Å². The SMILES string of the molecule is COC1CC2(C)C(CCCC(C)(C)O)CCC2C2CCC3CC(O)CCC3(C)C12. The Morgan fingerprint density at radius 2 is 1.79 bits per heavy atom. The van der Waals surface area contributed by atoms with Crippen molar-refractivity contribution < 1.29 is 14.9 Å². The van der Waals surface area contributed by atoms with Crippen molar-refractivity contribution >= 4 is 0 Å². The molecule has 168 valence electrons. The van der Waals surface area contributed by atoms with Gasteiger partial charge in [0.25, 0.3) is 0 Å². The van der Waals surface area contributed by atoms with Crippen LogP contribution < -0.4 is 0 Å². The molecule has 9 atom stereocenters. The Morgan fingerprint density at radius 1 is 1.03 bits per heavy atom. The van der Waals surface area contributed by atoms with Gasteiger partial charge in [-0.25, -0.2) is 0 Å². The molecular weight excluding hydrogens is 360 g/mol. The first-order chi connectivity index (χ1) is 13.6. The number of rotatable bonds is 5. The summed E-state index contributed by atoms with van der Waals surface area (Å²) in [4.78, 5) is 0. The van der Waals surface area contributed by atoms with Gasteiger partial charge in [-0.2, -0.15) is 0 Å². The number of aliphatic hydroxyl groups is 2. The Balaban J connectivity index is 1.54. The number of methoxy groups -OCH3 is 1. The second kappa shape index (κ2) is 7.78. The van der Waals surface area contributed by atoms with Gasteiger partial charge >= 0.3 is 0 Å². The molecule has 3 nitrogen and oxygen atoms in total. The van der Waals surface area contributed by atoms with Crippen molar-refractivity contribution in [1.82, 2.24) is 0 Å². The Bertz CT molecular complexity index is 583. The molecule has 0 aromatic heterocycles. The van der Waals surface area contributed by atoms with Crippen LogP contribution in [0.15, 0.2) is 0 Å². The van der Waals surface area contributed by atoms with Gasteiger partial charge in [0.15, 0.2) is 0 Å². The highest BCUT2D eigenvalue weighted by Crippen LogP contribution is 2.68. The van der Waals surface area contributed by atoms with E-state index in [2.05, 4.69) is 13.8 Å². The van der Waals surface area contributed by atoms with Crippen LogP contribution in [-0.4, -0.2) is 35.1 Å². The average Bonchev–Trinajstić information content (AvgIpc) is 2.97. The zero-order valence-corrected chi connectivity index (χ0v) is 19.6. The zero-order chi connectivity index (χ0) is 21.0. The Labute approximate surface area is 179 Å². The van der Waals surface area contributed by atoms with Gasteiger partial charge in [0.1, 0.15) is 0 Å². The molecule has 4 aliphatic rings. The largest absolute Gasteiger partial charge is 0.393 e. The van der Waals surface area contributed by atoms with Crippen molar-refractivity contribution in [3.8, 4) is 0 Å². The van der Waals surface area contributed by atoms with Crippen LogP contribution in [0.5, 0.6) is 0 Å². The van der Waals surface area contributed by atoms with Crippen LogP contribution in [0.3, 0.4) is 0 Å². The highest BCUT2D eigenvalue weighted by atomic mass is 16.5. The minimum Gasteiger partial charge on any atom is -0.393 e. The van der Waals surface area contributed by atoms with Crippen molar-refractivity contribution in [1.29, 1.82) is 0 Å². The van der Waals surface area contributed by atoms with Crippen LogP contribution in [0, 0.1) is 40.4 Å². The predicted molar refractivity (Wildman–Crippen MR) is 118 cm³/mol. The number of aliphatic hydroxyl groups excluding tert-OH is 1. The lowest BCUT2D eigenvalue weighted by atomic mass is 9.43. The minimum absolute atomic E-state index is 0.0777. The number of hydrogen-bond acceptors (Lipinski definition) is 3. The first-order valence-electron chi connectivity index (χ1n) is 12.5. The van der Waals surface area contributed by atoms with E-state index in [4.69, 9.17) is 4.74 Å². The van der Waals surface area contributed by atoms with Crippen LogP contribution in [0.1, 0.15) is 98.3 Å². The average molecular weight is 407 g/mol. The second-order valence-electron chi connectivity index (χ2n) is 12.5. The summed E-state index contributed by atoms with van der Waals surface area (Å²) in [5, 5.41) is 20.4. The molecule has 0 heterocycles. The molecule has 4 aliphatic carbocycles. The molecule has 3 heteroatoms. The van der Waals surface area contributed by atoms with E-state index in [1.165, 1.54) is 44.9 Å². The molecule has 4 saturated carbocycles. The monoisotopic (exact) mass is 406 g/mol. The lowest BCUT2D eigenvalue weighted by molar-refractivity contribution is -0.186. The summed E-state index contributed by atoms with van der Waals surface area (Å²) in [7, 11) is 1.95. The van der Waals surface area contributed by atoms with E-state index in [0.717, 1.165) is 43.4 Å². The van der Waals surface area contributed by atoms with Crippen LogP contribution in [0.25, 0.3) is 0 Å². The summed E-state index contributed by atoms with van der Waals surface area (Å²) in [6.45, 7) is 9.02. The molecule has 0 spiro atoms. The molecule has 0 radical (unpaired) electrons. The zero-order valence-electron chi connectivity index (χ0n) is 19.6. The third-order valence-corrected chi connectivity index (χ3v) is 10.4. The molecule has 4 fully saturated rings. The van der Waals surface area contributed by atoms with E-state index in [-0.39, 0.29) is 6.10 Å². The first-order valence-corrected chi connectivity index (χ1v) is 12.5. The van der Waals surface area contributed by atoms with Gasteiger partial charge in [-0.05, 0) is 118 Å². The molecule has 0 aromatic rings. The molecule has 29 heavy (non-hydrogen) atoms. The van der Waals surface area contributed by atoms with Crippen molar-refractivity contribution in [2.45, 2.75) is 116 Å². The quantitative estimate of drug-likeness (QED) is 0.627. The molecular formula is C26H46O3. The molecule has 0 saturated heterocycles. The smallest absolute Gasteiger partial charge is 0.0612 e. The first kappa shape index (κ1) is 22.1. The lowest BCUT2D eigenvalue weighted by Gasteiger charge is -2.63. The molecule has 0 amide bonds. The molecule has 0 bridgehead atoms. The van der Waals surface area contributed by atoms with Gasteiger partial charge in [0.05, 0.1) is 17.8 Å². The topological polar surface area (TPSA) is 49.7 Å². The standard InChI is InChI=1S/C26H46O3/c1-24(2,28)13-6-7-17-9-11-21-20-10-8-18-15-19(27)12-14-25(18,3)23(20)22(29-5)16-26(17,21)4/h17-23,27-28H,6-16H2,1-5H3. The van der Waals surface area contributed by atoms with E-state index in [1.807, 2.05) is 21.0 Å². The number of hydrogen-bond donors (Lipinski definition) is 2. The Morgan fingerprint density at radius 3 is 2.48 bits per heavy atom. The Kier molecular flexibility index (Phi) is 5.93. The van der Waals surface area contributed by atoms with Crippen molar-refractivity contribution in [3.05, 3.63) is 0 Å². The van der Waals surface area contributed by atoms with E-state index in [1.54, 1.807) is 0 Å². The van der Waals surface area contributed by atoms with Gasteiger partial charge in [-0.1, -0.05) is 20.3 Å². The summed E-state index contributed by atoms with van der Waals surface area (Å²) in [5.41, 5.74) is 0.214. The second-order valence-corrected chi connectivity index (χ2v) is 12.5. The summed E-state index contributed by atoms with van der Waals surface area (Å²) in [6.07, 6.45) is 13.4. The third-order valence-electron chi connectivity index (χ3n) is 10.4. The van der Waals surface area contributed by atoms with Crippen LogP contribution >= 0.6 is 0 Å². The van der Waals surface area contributed by atoms with Crippen molar-refractivity contribution in [2.75, 3.05) is 7.11 Å². The maximum absolute atomic E-state index is 10.3. The predicted octanol–water partition coefficient (Wildman–Crippen LogP) is 5.57. The molecule has 4 rings (SSSR count). The summed E-state index contributed by atoms with van der Waals surface area (Å²) < 4.78 is 6.28. The summed E-state index contributed by atoms with van der Waals surface area (Å²) in [6, 6.07) is 0. The molecule has 0 aromatic carbocycles. The van der Waals surface area contributed by atoms with E-state index in [9.17, 15) is 10.2 Å². The van der Waals surface area contributed by atoms with E-state index >= 15 is 0 Å². The third kappa shape index (κ3) is 3.82. The van der Waals surface area contributed by atoms with Gasteiger partial charge in [0.2, 0.25) is 0 Å². The van der Waals surface area contributed by atoms with E-state index in [0.29, 0.717) is 28.8 Å². The molecule has 9 unspecified atom stereocenters. The van der Waals surface area contributed by atoms with Gasteiger partial charge in [-0.15, -0.1) is 0 Å². The number of fused-ring (bicyclic) bond motifs is 5. The fourth-order valence-electron chi connectivity index (χ4n) is 8.91. The van der Waals surface area contributed by atoms with Gasteiger partial charge in [-0.3, -0.25) is 0 Å². The van der Waals surface area contributed by atoms with Crippen LogP contribution in [0.2, 0.25) is 0 Å². The van der Waals surface area contributed by atoms with Crippen molar-refractivity contribution in [3.63, 3.8) is 0 Å². The summed E-state index contributed by atoms with van der Waals surface area (Å²) >= 11 is 0. The fourth-order valence-corrected chi connectivity index (χ4v) is 8.91. The maximum atomic E-state index is 10.3. The highest BCUT2D eigenvalue weighted by molar-refractivity contribution is 5.12. The Hall–Kier alpha value is -0.120. The van der Waals surface area contributed by atoms with Crippen LogP contribution in [0.4, 0.5) is 0 Å². The fraction of sp³-hybridized carbons (Fsp3) is 1.00. The molecule has 2 N–H and O–H groups in total.